The number of piperidine rings is 1. The lowest BCUT2D eigenvalue weighted by Crippen LogP contribution is -2.35. The molecule has 0 bridgehead atoms. The van der Waals surface area contributed by atoms with Gasteiger partial charge in [0.05, 0.1) is 12.3 Å². The summed E-state index contributed by atoms with van der Waals surface area (Å²) in [6.07, 6.45) is 2.36. The molecule has 0 atom stereocenters. The molecule has 0 spiro atoms. The zero-order chi connectivity index (χ0) is 12.1. The summed E-state index contributed by atoms with van der Waals surface area (Å²) in [5, 5.41) is 6.97. The Bertz CT molecular complexity index is 359. The predicted octanol–water partition coefficient (Wildman–Crippen LogP) is 2.56. The fraction of sp³-hybridized carbons (Fsp3) is 0.571. The number of anilines is 1. The number of hydrogen-bond donors (Lipinski definition) is 2. The van der Waals surface area contributed by atoms with Gasteiger partial charge in [-0.2, -0.15) is 0 Å². The molecule has 0 radical (unpaired) electrons. The van der Waals surface area contributed by atoms with Gasteiger partial charge in [-0.05, 0) is 57.5 Å². The Labute approximate surface area is 104 Å². The van der Waals surface area contributed by atoms with E-state index in [1.165, 1.54) is 18.4 Å². The van der Waals surface area contributed by atoms with Gasteiger partial charge in [-0.1, -0.05) is 6.07 Å². The molecule has 1 aliphatic rings. The minimum atomic E-state index is 0.568. The Balaban J connectivity index is 2.07. The largest absolute Gasteiger partial charge is 0.492 e. The van der Waals surface area contributed by atoms with E-state index in [4.69, 9.17) is 4.74 Å². The smallest absolute Gasteiger partial charge is 0.142 e. The maximum Gasteiger partial charge on any atom is 0.142 e. The molecular formula is C14H22N2O. The van der Waals surface area contributed by atoms with Gasteiger partial charge in [0.2, 0.25) is 0 Å². The molecule has 3 heteroatoms. The maximum absolute atomic E-state index is 5.68. The van der Waals surface area contributed by atoms with Gasteiger partial charge in [0.1, 0.15) is 5.75 Å². The summed E-state index contributed by atoms with van der Waals surface area (Å²) in [4.78, 5) is 0. The third kappa shape index (κ3) is 3.37. The lowest BCUT2D eigenvalue weighted by Gasteiger charge is -2.25. The lowest BCUT2D eigenvalue weighted by atomic mass is 10.1. The molecule has 2 N–H and O–H groups in total. The van der Waals surface area contributed by atoms with Crippen LogP contribution in [0.15, 0.2) is 18.2 Å². The van der Waals surface area contributed by atoms with Crippen molar-refractivity contribution in [1.29, 1.82) is 0 Å². The normalized spacial score (nSPS) is 16.8. The quantitative estimate of drug-likeness (QED) is 0.840. The topological polar surface area (TPSA) is 33.3 Å². The second-order valence-electron chi connectivity index (χ2n) is 4.60. The lowest BCUT2D eigenvalue weighted by molar-refractivity contribution is 0.340. The first kappa shape index (κ1) is 12.2. The van der Waals surface area contributed by atoms with Crippen LogP contribution < -0.4 is 15.4 Å². The van der Waals surface area contributed by atoms with Gasteiger partial charge >= 0.3 is 0 Å². The van der Waals surface area contributed by atoms with E-state index in [0.717, 1.165) is 24.5 Å². The van der Waals surface area contributed by atoms with Crippen molar-refractivity contribution in [3.63, 3.8) is 0 Å². The van der Waals surface area contributed by atoms with Gasteiger partial charge in [0, 0.05) is 6.04 Å². The van der Waals surface area contributed by atoms with Gasteiger partial charge in [0.15, 0.2) is 0 Å². The third-order valence-corrected chi connectivity index (χ3v) is 3.14. The molecule has 0 unspecified atom stereocenters. The zero-order valence-electron chi connectivity index (χ0n) is 10.8. The van der Waals surface area contributed by atoms with Crippen molar-refractivity contribution < 1.29 is 4.74 Å². The number of benzene rings is 1. The molecule has 1 aliphatic heterocycles. The Hall–Kier alpha value is -1.22. The molecule has 0 aliphatic carbocycles. The van der Waals surface area contributed by atoms with Gasteiger partial charge in [0.25, 0.3) is 0 Å². The SMILES string of the molecule is CCOc1cc(C)ccc1NC1CCNCC1. The summed E-state index contributed by atoms with van der Waals surface area (Å²) in [7, 11) is 0. The number of ether oxygens (including phenoxy) is 1. The molecule has 0 aromatic heterocycles. The van der Waals surface area contributed by atoms with Crippen LogP contribution in [0, 0.1) is 6.92 Å². The second kappa shape index (κ2) is 5.92. The van der Waals surface area contributed by atoms with Crippen molar-refractivity contribution in [1.82, 2.24) is 5.32 Å². The van der Waals surface area contributed by atoms with Crippen LogP contribution in [0.3, 0.4) is 0 Å². The van der Waals surface area contributed by atoms with Gasteiger partial charge in [-0.15, -0.1) is 0 Å². The summed E-state index contributed by atoms with van der Waals surface area (Å²) in [5.74, 6) is 0.978. The van der Waals surface area contributed by atoms with Gasteiger partial charge in [-0.25, -0.2) is 0 Å². The van der Waals surface area contributed by atoms with Crippen molar-refractivity contribution in [2.75, 3.05) is 25.0 Å². The van der Waals surface area contributed by atoms with E-state index in [-0.39, 0.29) is 0 Å². The fourth-order valence-corrected chi connectivity index (χ4v) is 2.21. The minimum absolute atomic E-state index is 0.568. The molecule has 1 aromatic rings. The van der Waals surface area contributed by atoms with E-state index < -0.39 is 0 Å². The number of nitrogens with one attached hydrogen (secondary N) is 2. The van der Waals surface area contributed by atoms with Crippen molar-refractivity contribution in [3.05, 3.63) is 23.8 Å². The molecule has 17 heavy (non-hydrogen) atoms. The first-order chi connectivity index (χ1) is 8.29. The van der Waals surface area contributed by atoms with Gasteiger partial charge in [-0.3, -0.25) is 0 Å². The van der Waals surface area contributed by atoms with Crippen LogP contribution in [0.1, 0.15) is 25.3 Å². The molecule has 3 nitrogen and oxygen atoms in total. The summed E-state index contributed by atoms with van der Waals surface area (Å²) in [5.41, 5.74) is 2.37. The fourth-order valence-electron chi connectivity index (χ4n) is 2.21. The Morgan fingerprint density at radius 3 is 2.82 bits per heavy atom. The molecule has 1 aromatic carbocycles. The van der Waals surface area contributed by atoms with E-state index in [0.29, 0.717) is 12.6 Å². The number of aryl methyl sites for hydroxylation is 1. The van der Waals surface area contributed by atoms with Crippen molar-refractivity contribution in [2.24, 2.45) is 0 Å². The average molecular weight is 234 g/mol. The molecule has 94 valence electrons. The van der Waals surface area contributed by atoms with Crippen LogP contribution in [0.2, 0.25) is 0 Å². The first-order valence-electron chi connectivity index (χ1n) is 6.50. The van der Waals surface area contributed by atoms with E-state index in [2.05, 4.69) is 35.8 Å². The number of rotatable bonds is 4. The zero-order valence-corrected chi connectivity index (χ0v) is 10.8. The molecule has 0 amide bonds. The van der Waals surface area contributed by atoms with Crippen LogP contribution in [-0.2, 0) is 0 Å². The minimum Gasteiger partial charge on any atom is -0.492 e. The maximum atomic E-state index is 5.68. The summed E-state index contributed by atoms with van der Waals surface area (Å²) in [6.45, 7) is 7.04. The molecule has 2 rings (SSSR count). The van der Waals surface area contributed by atoms with E-state index in [1.807, 2.05) is 6.92 Å². The summed E-state index contributed by atoms with van der Waals surface area (Å²) in [6, 6.07) is 6.93. The molecular weight excluding hydrogens is 212 g/mol. The van der Waals surface area contributed by atoms with Gasteiger partial charge < -0.3 is 15.4 Å². The molecule has 1 heterocycles. The Kier molecular flexibility index (Phi) is 4.26. The van der Waals surface area contributed by atoms with E-state index in [1.54, 1.807) is 0 Å². The second-order valence-corrected chi connectivity index (χ2v) is 4.60. The predicted molar refractivity (Wildman–Crippen MR) is 71.9 cm³/mol. The summed E-state index contributed by atoms with van der Waals surface area (Å²) >= 11 is 0. The monoisotopic (exact) mass is 234 g/mol. The van der Waals surface area contributed by atoms with Crippen molar-refractivity contribution >= 4 is 5.69 Å². The highest BCUT2D eigenvalue weighted by molar-refractivity contribution is 5.58. The first-order valence-corrected chi connectivity index (χ1v) is 6.50. The highest BCUT2D eigenvalue weighted by atomic mass is 16.5. The average Bonchev–Trinajstić information content (AvgIpc) is 2.34. The highest BCUT2D eigenvalue weighted by Crippen LogP contribution is 2.27. The van der Waals surface area contributed by atoms with Crippen LogP contribution in [0.25, 0.3) is 0 Å². The van der Waals surface area contributed by atoms with Crippen LogP contribution >= 0.6 is 0 Å². The highest BCUT2D eigenvalue weighted by Gasteiger charge is 2.14. The van der Waals surface area contributed by atoms with E-state index in [9.17, 15) is 0 Å². The standard InChI is InChI=1S/C14H22N2O/c1-3-17-14-10-11(2)4-5-13(14)16-12-6-8-15-9-7-12/h4-5,10,12,15-16H,3,6-9H2,1-2H3. The van der Waals surface area contributed by atoms with Crippen LogP contribution in [0.5, 0.6) is 5.75 Å². The Morgan fingerprint density at radius 2 is 2.12 bits per heavy atom. The van der Waals surface area contributed by atoms with Crippen LogP contribution in [0.4, 0.5) is 5.69 Å². The van der Waals surface area contributed by atoms with E-state index >= 15 is 0 Å². The third-order valence-electron chi connectivity index (χ3n) is 3.14. The molecule has 1 saturated heterocycles. The van der Waals surface area contributed by atoms with Crippen molar-refractivity contribution in [2.45, 2.75) is 32.7 Å². The molecule has 0 saturated carbocycles. The van der Waals surface area contributed by atoms with Crippen LogP contribution in [-0.4, -0.2) is 25.7 Å². The van der Waals surface area contributed by atoms with Crippen molar-refractivity contribution in [3.8, 4) is 5.75 Å². The number of hydrogen-bond acceptors (Lipinski definition) is 3. The Morgan fingerprint density at radius 1 is 1.35 bits per heavy atom. The molecule has 1 fully saturated rings. The summed E-state index contributed by atoms with van der Waals surface area (Å²) < 4.78 is 5.68.